The number of aliphatic hydroxyl groups is 1. The van der Waals surface area contributed by atoms with E-state index in [1.54, 1.807) is 7.05 Å². The summed E-state index contributed by atoms with van der Waals surface area (Å²) in [7, 11) is -1.59. The van der Waals surface area contributed by atoms with E-state index in [0.717, 1.165) is 6.42 Å². The van der Waals surface area contributed by atoms with E-state index in [4.69, 9.17) is 9.84 Å². The summed E-state index contributed by atoms with van der Waals surface area (Å²) in [5, 5.41) is 8.63. The summed E-state index contributed by atoms with van der Waals surface area (Å²) in [6, 6.07) is -0.0425. The van der Waals surface area contributed by atoms with Crippen molar-refractivity contribution in [3.8, 4) is 0 Å². The predicted octanol–water partition coefficient (Wildman–Crippen LogP) is 0.198. The summed E-state index contributed by atoms with van der Waals surface area (Å²) < 4.78 is 30.6. The van der Waals surface area contributed by atoms with Crippen molar-refractivity contribution < 1.29 is 18.3 Å². The van der Waals surface area contributed by atoms with E-state index in [9.17, 15) is 8.42 Å². The molecule has 1 aliphatic heterocycles. The fraction of sp³-hybridized carbons (Fsp3) is 1.00. The van der Waals surface area contributed by atoms with Crippen LogP contribution in [0.15, 0.2) is 0 Å². The number of hydrogen-bond donors (Lipinski definition) is 1. The predicted molar refractivity (Wildman–Crippen MR) is 61.7 cm³/mol. The summed E-state index contributed by atoms with van der Waals surface area (Å²) in [4.78, 5) is 0. The molecule has 1 rings (SSSR count). The molecule has 1 heterocycles. The first kappa shape index (κ1) is 13.9. The third kappa shape index (κ3) is 3.41. The standard InChI is InChI=1S/C10H21NO4S/c1-9-10(5-7-15-9)11(2)16(13,14)8-4-3-6-12/h9-10,12H,3-8H2,1-2H3. The first-order valence-corrected chi connectivity index (χ1v) is 7.28. The van der Waals surface area contributed by atoms with Crippen molar-refractivity contribution >= 4 is 10.0 Å². The van der Waals surface area contributed by atoms with Gasteiger partial charge in [-0.05, 0) is 26.2 Å². The number of unbranched alkanes of at least 4 members (excludes halogenated alkanes) is 1. The second-order valence-electron chi connectivity index (χ2n) is 4.19. The Morgan fingerprint density at radius 2 is 2.12 bits per heavy atom. The summed E-state index contributed by atoms with van der Waals surface area (Å²) in [6.07, 6.45) is 1.77. The largest absolute Gasteiger partial charge is 0.396 e. The summed E-state index contributed by atoms with van der Waals surface area (Å²) >= 11 is 0. The molecular weight excluding hydrogens is 230 g/mol. The maximum atomic E-state index is 11.9. The molecule has 96 valence electrons. The molecule has 0 aliphatic carbocycles. The minimum Gasteiger partial charge on any atom is -0.396 e. The first-order valence-electron chi connectivity index (χ1n) is 5.67. The highest BCUT2D eigenvalue weighted by Crippen LogP contribution is 2.21. The van der Waals surface area contributed by atoms with Crippen molar-refractivity contribution in [2.24, 2.45) is 0 Å². The van der Waals surface area contributed by atoms with Gasteiger partial charge >= 0.3 is 0 Å². The van der Waals surface area contributed by atoms with E-state index < -0.39 is 10.0 Å². The quantitative estimate of drug-likeness (QED) is 0.685. The number of sulfonamides is 1. The monoisotopic (exact) mass is 251 g/mol. The highest BCUT2D eigenvalue weighted by molar-refractivity contribution is 7.89. The molecule has 0 spiro atoms. The van der Waals surface area contributed by atoms with Gasteiger partial charge in [0.05, 0.1) is 17.9 Å². The first-order chi connectivity index (χ1) is 7.49. The van der Waals surface area contributed by atoms with Crippen LogP contribution in [0.4, 0.5) is 0 Å². The van der Waals surface area contributed by atoms with Crippen LogP contribution in [0.5, 0.6) is 0 Å². The zero-order chi connectivity index (χ0) is 12.2. The average Bonchev–Trinajstić information content (AvgIpc) is 2.63. The Labute approximate surface area is 97.4 Å². The van der Waals surface area contributed by atoms with Crippen molar-refractivity contribution in [2.45, 2.75) is 38.3 Å². The van der Waals surface area contributed by atoms with E-state index in [-0.39, 0.29) is 24.5 Å². The molecule has 6 heteroatoms. The molecule has 0 aromatic heterocycles. The van der Waals surface area contributed by atoms with Gasteiger partial charge in [-0.2, -0.15) is 4.31 Å². The van der Waals surface area contributed by atoms with Crippen molar-refractivity contribution in [3.05, 3.63) is 0 Å². The van der Waals surface area contributed by atoms with E-state index in [1.165, 1.54) is 4.31 Å². The minimum atomic E-state index is -3.21. The zero-order valence-corrected chi connectivity index (χ0v) is 10.7. The van der Waals surface area contributed by atoms with Crippen LogP contribution in [0.25, 0.3) is 0 Å². The molecule has 0 saturated carbocycles. The van der Waals surface area contributed by atoms with Gasteiger partial charge in [0, 0.05) is 20.3 Å². The Morgan fingerprint density at radius 3 is 2.62 bits per heavy atom. The maximum Gasteiger partial charge on any atom is 0.214 e. The summed E-state index contributed by atoms with van der Waals surface area (Å²) in [5.74, 6) is 0.104. The van der Waals surface area contributed by atoms with Gasteiger partial charge in [-0.1, -0.05) is 0 Å². The molecule has 0 aromatic carbocycles. The van der Waals surface area contributed by atoms with Crippen LogP contribution in [-0.2, 0) is 14.8 Å². The minimum absolute atomic E-state index is 0.0300. The maximum absolute atomic E-state index is 11.9. The Hall–Kier alpha value is -0.170. The van der Waals surface area contributed by atoms with Crippen LogP contribution >= 0.6 is 0 Å². The van der Waals surface area contributed by atoms with E-state index in [1.807, 2.05) is 6.92 Å². The Bertz CT molecular complexity index is 304. The second-order valence-corrected chi connectivity index (χ2v) is 6.34. The molecule has 5 nitrogen and oxygen atoms in total. The molecule has 0 radical (unpaired) electrons. The van der Waals surface area contributed by atoms with Crippen molar-refractivity contribution in [3.63, 3.8) is 0 Å². The number of likely N-dealkylation sites (N-methyl/N-ethyl adjacent to an activating group) is 1. The van der Waals surface area contributed by atoms with Gasteiger partial charge in [-0.25, -0.2) is 8.42 Å². The third-order valence-corrected chi connectivity index (χ3v) is 5.01. The van der Waals surface area contributed by atoms with Crippen molar-refractivity contribution in [1.82, 2.24) is 4.31 Å². The number of hydrogen-bond acceptors (Lipinski definition) is 4. The molecule has 2 atom stereocenters. The van der Waals surface area contributed by atoms with Crippen LogP contribution in [0, 0.1) is 0 Å². The SMILES string of the molecule is CC1OCCC1N(C)S(=O)(=O)CCCCO. The Kier molecular flexibility index (Phi) is 5.17. The lowest BCUT2D eigenvalue weighted by Gasteiger charge is -2.25. The lowest BCUT2D eigenvalue weighted by Crippen LogP contribution is -2.42. The zero-order valence-electron chi connectivity index (χ0n) is 9.92. The van der Waals surface area contributed by atoms with Gasteiger partial charge in [0.15, 0.2) is 0 Å². The topological polar surface area (TPSA) is 66.8 Å². The lowest BCUT2D eigenvalue weighted by atomic mass is 10.2. The third-order valence-electron chi connectivity index (χ3n) is 3.05. The molecule has 0 aromatic rings. The summed E-state index contributed by atoms with van der Waals surface area (Å²) in [6.45, 7) is 2.57. The molecule has 0 bridgehead atoms. The van der Waals surface area contributed by atoms with Gasteiger partial charge in [0.2, 0.25) is 10.0 Å². The van der Waals surface area contributed by atoms with Gasteiger partial charge in [0.25, 0.3) is 0 Å². The van der Waals surface area contributed by atoms with Crippen LogP contribution < -0.4 is 0 Å². The molecule has 16 heavy (non-hydrogen) atoms. The van der Waals surface area contributed by atoms with Gasteiger partial charge < -0.3 is 9.84 Å². The highest BCUT2D eigenvalue weighted by atomic mass is 32.2. The average molecular weight is 251 g/mol. The Balaban J connectivity index is 2.54. The molecule has 2 unspecified atom stereocenters. The molecule has 0 amide bonds. The van der Waals surface area contributed by atoms with E-state index in [0.29, 0.717) is 19.4 Å². The van der Waals surface area contributed by atoms with Crippen molar-refractivity contribution in [2.75, 3.05) is 26.0 Å². The molecule has 1 N–H and O–H groups in total. The van der Waals surface area contributed by atoms with Gasteiger partial charge in [-0.15, -0.1) is 0 Å². The van der Waals surface area contributed by atoms with E-state index in [2.05, 4.69) is 0 Å². The number of aliphatic hydroxyl groups excluding tert-OH is 1. The smallest absolute Gasteiger partial charge is 0.214 e. The number of rotatable bonds is 6. The summed E-state index contributed by atoms with van der Waals surface area (Å²) in [5.41, 5.74) is 0. The molecule has 1 aliphatic rings. The van der Waals surface area contributed by atoms with Gasteiger partial charge in [0.1, 0.15) is 0 Å². The van der Waals surface area contributed by atoms with Crippen LogP contribution in [0.1, 0.15) is 26.2 Å². The van der Waals surface area contributed by atoms with Crippen LogP contribution in [-0.4, -0.2) is 56.0 Å². The molecular formula is C10H21NO4S. The Morgan fingerprint density at radius 1 is 1.44 bits per heavy atom. The fourth-order valence-electron chi connectivity index (χ4n) is 1.94. The normalized spacial score (nSPS) is 26.5. The van der Waals surface area contributed by atoms with Crippen molar-refractivity contribution in [1.29, 1.82) is 0 Å². The van der Waals surface area contributed by atoms with Gasteiger partial charge in [-0.3, -0.25) is 0 Å². The highest BCUT2D eigenvalue weighted by Gasteiger charge is 2.33. The number of ether oxygens (including phenoxy) is 1. The van der Waals surface area contributed by atoms with E-state index >= 15 is 0 Å². The molecule has 1 saturated heterocycles. The number of nitrogens with zero attached hydrogens (tertiary/aromatic N) is 1. The van der Waals surface area contributed by atoms with Crippen LogP contribution in [0.3, 0.4) is 0 Å². The lowest BCUT2D eigenvalue weighted by molar-refractivity contribution is 0.102. The second kappa shape index (κ2) is 5.95. The molecule has 1 fully saturated rings. The van der Waals surface area contributed by atoms with Crippen LogP contribution in [0.2, 0.25) is 0 Å². The fourth-order valence-corrected chi connectivity index (χ4v) is 3.49.